The molecule has 0 aliphatic rings. The molecule has 0 saturated carbocycles. The van der Waals surface area contributed by atoms with Crippen LogP contribution < -0.4 is 0 Å². The van der Waals surface area contributed by atoms with Gasteiger partial charge in [0, 0.05) is 18.9 Å². The summed E-state index contributed by atoms with van der Waals surface area (Å²) in [5, 5.41) is 0. The van der Waals surface area contributed by atoms with Gasteiger partial charge in [0.2, 0.25) is 0 Å². The quantitative estimate of drug-likeness (QED) is 0.626. The van der Waals surface area contributed by atoms with Crippen molar-refractivity contribution in [1.29, 1.82) is 0 Å². The molecule has 0 rings (SSSR count). The van der Waals surface area contributed by atoms with Crippen LogP contribution in [0.5, 0.6) is 0 Å². The van der Waals surface area contributed by atoms with Crippen molar-refractivity contribution in [2.75, 3.05) is 13.7 Å². The first-order valence-corrected chi connectivity index (χ1v) is 3.68. The van der Waals surface area contributed by atoms with Crippen LogP contribution >= 0.6 is 0 Å². The van der Waals surface area contributed by atoms with E-state index in [9.17, 15) is 8.78 Å². The maximum absolute atomic E-state index is 13.0. The fourth-order valence-electron chi connectivity index (χ4n) is 0.605. The summed E-state index contributed by atoms with van der Waals surface area (Å²) in [5.74, 6) is -2.64. The summed E-state index contributed by atoms with van der Waals surface area (Å²) < 4.78 is 30.7. The molecule has 0 aliphatic carbocycles. The third-order valence-corrected chi connectivity index (χ3v) is 1.72. The van der Waals surface area contributed by atoms with Gasteiger partial charge in [-0.25, -0.2) is 8.78 Å². The van der Waals surface area contributed by atoms with Crippen molar-refractivity contribution in [3.05, 3.63) is 0 Å². The lowest BCUT2D eigenvalue weighted by molar-refractivity contribution is -0.112. The maximum atomic E-state index is 13.0. The predicted octanol–water partition coefficient (Wildman–Crippen LogP) is 2.70. The largest absolute Gasteiger partial charge is 0.384 e. The Morgan fingerprint density at radius 1 is 1.18 bits per heavy atom. The third kappa shape index (κ3) is 3.14. The Morgan fingerprint density at radius 3 is 1.91 bits per heavy atom. The molecule has 0 amide bonds. The van der Waals surface area contributed by atoms with Crippen molar-refractivity contribution in [3.63, 3.8) is 0 Å². The lowest BCUT2D eigenvalue weighted by atomic mass is 9.86. The summed E-state index contributed by atoms with van der Waals surface area (Å²) in [6.45, 7) is 4.71. The van der Waals surface area contributed by atoms with Crippen molar-refractivity contribution >= 4 is 0 Å². The van der Waals surface area contributed by atoms with Crippen LogP contribution in [0.15, 0.2) is 0 Å². The SMILES string of the molecule is COCCC(F)(F)C(C)(C)C. The molecule has 0 aromatic heterocycles. The zero-order chi connectivity index (χ0) is 9.12. The fourth-order valence-corrected chi connectivity index (χ4v) is 0.605. The molecule has 0 heterocycles. The van der Waals surface area contributed by atoms with Gasteiger partial charge in [0.1, 0.15) is 0 Å². The molecule has 1 nitrogen and oxygen atoms in total. The molecule has 0 N–H and O–H groups in total. The Hall–Kier alpha value is -0.180. The monoisotopic (exact) mass is 166 g/mol. The van der Waals surface area contributed by atoms with Gasteiger partial charge in [-0.3, -0.25) is 0 Å². The zero-order valence-electron chi connectivity index (χ0n) is 7.58. The minimum Gasteiger partial charge on any atom is -0.384 e. The van der Waals surface area contributed by atoms with Crippen LogP contribution in [0, 0.1) is 5.41 Å². The van der Waals surface area contributed by atoms with Gasteiger partial charge in [-0.1, -0.05) is 20.8 Å². The number of methoxy groups -OCH3 is 1. The van der Waals surface area contributed by atoms with Crippen molar-refractivity contribution in [3.8, 4) is 0 Å². The van der Waals surface area contributed by atoms with E-state index in [1.54, 1.807) is 0 Å². The summed E-state index contributed by atoms with van der Waals surface area (Å²) in [4.78, 5) is 0. The highest BCUT2D eigenvalue weighted by Crippen LogP contribution is 2.38. The van der Waals surface area contributed by atoms with Gasteiger partial charge in [0.15, 0.2) is 0 Å². The molecule has 0 aliphatic heterocycles. The summed E-state index contributed by atoms with van der Waals surface area (Å²) in [5.41, 5.74) is -0.967. The van der Waals surface area contributed by atoms with E-state index >= 15 is 0 Å². The number of ether oxygens (including phenoxy) is 1. The lowest BCUT2D eigenvalue weighted by Crippen LogP contribution is -2.34. The van der Waals surface area contributed by atoms with E-state index in [4.69, 9.17) is 0 Å². The lowest BCUT2D eigenvalue weighted by Gasteiger charge is -2.29. The molecule has 0 aromatic rings. The summed E-state index contributed by atoms with van der Waals surface area (Å²) in [7, 11) is 1.43. The average Bonchev–Trinajstić information content (AvgIpc) is 1.81. The minimum absolute atomic E-state index is 0.115. The first-order valence-electron chi connectivity index (χ1n) is 3.68. The van der Waals surface area contributed by atoms with Gasteiger partial charge >= 0.3 is 0 Å². The standard InChI is InChI=1S/C8H16F2O/c1-7(2,3)8(9,10)5-6-11-4/h5-6H2,1-4H3. The molecule has 3 heteroatoms. The molecule has 0 spiro atoms. The smallest absolute Gasteiger partial charge is 0.255 e. The first-order chi connectivity index (χ1) is 4.81. The topological polar surface area (TPSA) is 9.23 Å². The molecule has 0 bridgehead atoms. The van der Waals surface area contributed by atoms with E-state index in [0.717, 1.165) is 0 Å². The second-order valence-electron chi connectivity index (χ2n) is 3.70. The summed E-state index contributed by atoms with van der Waals surface area (Å²) in [6.07, 6.45) is -0.201. The van der Waals surface area contributed by atoms with Gasteiger partial charge < -0.3 is 4.74 Å². The number of hydrogen-bond donors (Lipinski definition) is 0. The second-order valence-corrected chi connectivity index (χ2v) is 3.70. The molecule has 0 radical (unpaired) electrons. The van der Waals surface area contributed by atoms with Crippen LogP contribution in [0.4, 0.5) is 8.78 Å². The highest BCUT2D eigenvalue weighted by Gasteiger charge is 2.42. The van der Waals surface area contributed by atoms with E-state index in [0.29, 0.717) is 0 Å². The van der Waals surface area contributed by atoms with E-state index in [1.807, 2.05) is 0 Å². The molecule has 68 valence electrons. The highest BCUT2D eigenvalue weighted by molar-refractivity contribution is 4.80. The average molecular weight is 166 g/mol. The van der Waals surface area contributed by atoms with Crippen LogP contribution in [0.1, 0.15) is 27.2 Å². The van der Waals surface area contributed by atoms with Crippen LogP contribution in [0.3, 0.4) is 0 Å². The first kappa shape index (κ1) is 10.8. The molecule has 0 unspecified atom stereocenters. The van der Waals surface area contributed by atoms with Crippen LogP contribution in [-0.2, 0) is 4.74 Å². The summed E-state index contributed by atoms with van der Waals surface area (Å²) in [6, 6.07) is 0. The van der Waals surface area contributed by atoms with Crippen LogP contribution in [-0.4, -0.2) is 19.6 Å². The van der Waals surface area contributed by atoms with Crippen molar-refractivity contribution in [2.45, 2.75) is 33.1 Å². The molecule has 0 fully saturated rings. The number of alkyl halides is 2. The van der Waals surface area contributed by atoms with Gasteiger partial charge in [0.25, 0.3) is 5.92 Å². The number of halogens is 2. The Labute approximate surface area is 66.7 Å². The third-order valence-electron chi connectivity index (χ3n) is 1.72. The van der Waals surface area contributed by atoms with Gasteiger partial charge in [-0.15, -0.1) is 0 Å². The van der Waals surface area contributed by atoms with E-state index in [1.165, 1.54) is 27.9 Å². The van der Waals surface area contributed by atoms with Crippen molar-refractivity contribution in [1.82, 2.24) is 0 Å². The normalized spacial score (nSPS) is 13.6. The molecule has 0 aromatic carbocycles. The Balaban J connectivity index is 4.00. The number of rotatable bonds is 3. The Morgan fingerprint density at radius 2 is 1.64 bits per heavy atom. The van der Waals surface area contributed by atoms with Crippen molar-refractivity contribution < 1.29 is 13.5 Å². The van der Waals surface area contributed by atoms with Gasteiger partial charge in [-0.2, -0.15) is 0 Å². The van der Waals surface area contributed by atoms with Crippen LogP contribution in [0.25, 0.3) is 0 Å². The van der Waals surface area contributed by atoms with E-state index in [-0.39, 0.29) is 13.0 Å². The molecule has 0 atom stereocenters. The zero-order valence-corrected chi connectivity index (χ0v) is 7.58. The predicted molar refractivity (Wildman–Crippen MR) is 40.9 cm³/mol. The maximum Gasteiger partial charge on any atom is 0.255 e. The molecular formula is C8H16F2O. The molecule has 11 heavy (non-hydrogen) atoms. The Kier molecular flexibility index (Phi) is 3.42. The summed E-state index contributed by atoms with van der Waals surface area (Å²) >= 11 is 0. The van der Waals surface area contributed by atoms with Crippen LogP contribution in [0.2, 0.25) is 0 Å². The highest BCUT2D eigenvalue weighted by atomic mass is 19.3. The molecule has 0 saturated heterocycles. The van der Waals surface area contributed by atoms with Crippen molar-refractivity contribution in [2.24, 2.45) is 5.41 Å². The van der Waals surface area contributed by atoms with Gasteiger partial charge in [-0.05, 0) is 0 Å². The van der Waals surface area contributed by atoms with E-state index < -0.39 is 11.3 Å². The minimum atomic E-state index is -2.64. The Bertz CT molecular complexity index is 116. The fraction of sp³-hybridized carbons (Fsp3) is 1.00. The van der Waals surface area contributed by atoms with E-state index in [2.05, 4.69) is 4.74 Å². The number of hydrogen-bond acceptors (Lipinski definition) is 1. The molecular weight excluding hydrogens is 150 g/mol. The second kappa shape index (κ2) is 3.48. The van der Waals surface area contributed by atoms with Gasteiger partial charge in [0.05, 0.1) is 6.61 Å².